The zero-order chi connectivity index (χ0) is 15.9. The van der Waals surface area contributed by atoms with E-state index in [0.717, 1.165) is 32.1 Å². The van der Waals surface area contributed by atoms with Gasteiger partial charge in [-0.15, -0.1) is 0 Å². The Morgan fingerprint density at radius 1 is 1.09 bits per heavy atom. The molecule has 2 fully saturated rings. The number of rotatable bonds is 5. The van der Waals surface area contributed by atoms with Crippen molar-refractivity contribution < 1.29 is 9.59 Å². The first-order valence-corrected chi connectivity index (χ1v) is 8.92. The summed E-state index contributed by atoms with van der Waals surface area (Å²) in [6, 6.07) is -0.0318. The molecule has 1 saturated heterocycles. The maximum Gasteiger partial charge on any atom is 0.318 e. The number of hydrogen-bond donors (Lipinski definition) is 2. The van der Waals surface area contributed by atoms with Crippen molar-refractivity contribution in [1.29, 1.82) is 0 Å². The van der Waals surface area contributed by atoms with Crippen molar-refractivity contribution in [3.05, 3.63) is 0 Å². The average molecular weight is 309 g/mol. The maximum atomic E-state index is 12.4. The van der Waals surface area contributed by atoms with Gasteiger partial charge in [-0.2, -0.15) is 0 Å². The summed E-state index contributed by atoms with van der Waals surface area (Å²) in [5.41, 5.74) is 0. The van der Waals surface area contributed by atoms with E-state index in [1.54, 1.807) is 4.90 Å². The largest absolute Gasteiger partial charge is 0.354 e. The van der Waals surface area contributed by atoms with Gasteiger partial charge in [0.1, 0.15) is 6.04 Å². The van der Waals surface area contributed by atoms with Crippen LogP contribution in [0.1, 0.15) is 65.2 Å². The smallest absolute Gasteiger partial charge is 0.318 e. The Labute approximate surface area is 134 Å². The van der Waals surface area contributed by atoms with Crippen LogP contribution >= 0.6 is 0 Å². The Balaban J connectivity index is 1.80. The molecule has 1 heterocycles. The van der Waals surface area contributed by atoms with Gasteiger partial charge < -0.3 is 15.5 Å². The van der Waals surface area contributed by atoms with Crippen molar-refractivity contribution in [3.63, 3.8) is 0 Å². The van der Waals surface area contributed by atoms with Crippen molar-refractivity contribution in [2.45, 2.75) is 77.3 Å². The molecular formula is C17H31N3O2. The van der Waals surface area contributed by atoms with Gasteiger partial charge in [0, 0.05) is 19.1 Å². The van der Waals surface area contributed by atoms with E-state index >= 15 is 0 Å². The molecular weight excluding hydrogens is 278 g/mol. The number of likely N-dealkylation sites (tertiary alicyclic amines) is 1. The monoisotopic (exact) mass is 309 g/mol. The van der Waals surface area contributed by atoms with Gasteiger partial charge in [-0.1, -0.05) is 33.1 Å². The average Bonchev–Trinajstić information content (AvgIpc) is 2.97. The lowest BCUT2D eigenvalue weighted by atomic mass is 9.96. The summed E-state index contributed by atoms with van der Waals surface area (Å²) >= 11 is 0. The lowest BCUT2D eigenvalue weighted by molar-refractivity contribution is -0.124. The van der Waals surface area contributed by atoms with Crippen LogP contribution in [0.2, 0.25) is 0 Å². The maximum absolute atomic E-state index is 12.4. The van der Waals surface area contributed by atoms with E-state index in [9.17, 15) is 9.59 Å². The van der Waals surface area contributed by atoms with E-state index in [0.29, 0.717) is 25.0 Å². The molecule has 0 aromatic heterocycles. The van der Waals surface area contributed by atoms with Gasteiger partial charge in [0.2, 0.25) is 5.91 Å². The highest BCUT2D eigenvalue weighted by Crippen LogP contribution is 2.20. The standard InChI is InChI=1S/C17H31N3O2/c1-13(2)10-11-18-16(21)15-9-6-12-20(15)17(22)19-14-7-4-3-5-8-14/h13-15H,3-12H2,1-2H3,(H,18,21)(H,19,22)/t15-/m1/s1. The van der Waals surface area contributed by atoms with Crippen LogP contribution in [0.25, 0.3) is 0 Å². The fourth-order valence-corrected chi connectivity index (χ4v) is 3.39. The highest BCUT2D eigenvalue weighted by atomic mass is 16.2. The number of carbonyl (C=O) groups excluding carboxylic acids is 2. The lowest BCUT2D eigenvalue weighted by Gasteiger charge is -2.29. The third-order valence-corrected chi connectivity index (χ3v) is 4.77. The molecule has 0 aromatic rings. The molecule has 0 unspecified atom stereocenters. The summed E-state index contributed by atoms with van der Waals surface area (Å²) < 4.78 is 0. The van der Waals surface area contributed by atoms with E-state index in [1.165, 1.54) is 19.3 Å². The second kappa shape index (κ2) is 8.39. The topological polar surface area (TPSA) is 61.4 Å². The van der Waals surface area contributed by atoms with E-state index in [4.69, 9.17) is 0 Å². The predicted octanol–water partition coefficient (Wildman–Crippen LogP) is 2.66. The first-order chi connectivity index (χ1) is 10.6. The number of nitrogens with one attached hydrogen (secondary N) is 2. The molecule has 2 aliphatic rings. The van der Waals surface area contributed by atoms with Crippen LogP contribution in [-0.2, 0) is 4.79 Å². The van der Waals surface area contributed by atoms with Crippen LogP contribution in [0.4, 0.5) is 4.79 Å². The molecule has 1 aliphatic heterocycles. The van der Waals surface area contributed by atoms with Gasteiger partial charge in [0.25, 0.3) is 0 Å². The summed E-state index contributed by atoms with van der Waals surface area (Å²) in [7, 11) is 0. The highest BCUT2D eigenvalue weighted by Gasteiger charge is 2.34. The molecule has 0 radical (unpaired) electrons. The van der Waals surface area contributed by atoms with Crippen LogP contribution < -0.4 is 10.6 Å². The van der Waals surface area contributed by atoms with Crippen molar-refractivity contribution >= 4 is 11.9 Å². The Bertz CT molecular complexity index is 378. The Hall–Kier alpha value is -1.26. The molecule has 126 valence electrons. The summed E-state index contributed by atoms with van der Waals surface area (Å²) in [5, 5.41) is 6.11. The molecule has 0 bridgehead atoms. The van der Waals surface area contributed by atoms with E-state index in [-0.39, 0.29) is 18.0 Å². The molecule has 22 heavy (non-hydrogen) atoms. The first-order valence-electron chi connectivity index (χ1n) is 8.92. The van der Waals surface area contributed by atoms with Crippen molar-refractivity contribution in [1.82, 2.24) is 15.5 Å². The van der Waals surface area contributed by atoms with Gasteiger partial charge in [-0.05, 0) is 38.0 Å². The summed E-state index contributed by atoms with van der Waals surface area (Å²) in [6.45, 7) is 5.68. The zero-order valence-corrected chi connectivity index (χ0v) is 14.1. The van der Waals surface area contributed by atoms with Crippen LogP contribution in [0.15, 0.2) is 0 Å². The molecule has 2 rings (SSSR count). The fraction of sp³-hybridized carbons (Fsp3) is 0.882. The quantitative estimate of drug-likeness (QED) is 0.820. The minimum atomic E-state index is -0.282. The molecule has 0 aromatic carbocycles. The molecule has 0 spiro atoms. The number of nitrogens with zero attached hydrogens (tertiary/aromatic N) is 1. The summed E-state index contributed by atoms with van der Waals surface area (Å²) in [4.78, 5) is 26.5. The summed E-state index contributed by atoms with van der Waals surface area (Å²) in [6.07, 6.45) is 8.50. The van der Waals surface area contributed by atoms with Crippen LogP contribution in [-0.4, -0.2) is 42.0 Å². The Morgan fingerprint density at radius 3 is 2.50 bits per heavy atom. The molecule has 2 N–H and O–H groups in total. The number of hydrogen-bond acceptors (Lipinski definition) is 2. The van der Waals surface area contributed by atoms with Gasteiger partial charge in [-0.25, -0.2) is 4.79 Å². The minimum Gasteiger partial charge on any atom is -0.354 e. The van der Waals surface area contributed by atoms with Crippen LogP contribution in [0.5, 0.6) is 0 Å². The zero-order valence-electron chi connectivity index (χ0n) is 14.1. The molecule has 1 atom stereocenters. The fourth-order valence-electron chi connectivity index (χ4n) is 3.39. The van der Waals surface area contributed by atoms with Gasteiger partial charge in [-0.3, -0.25) is 4.79 Å². The number of amides is 3. The predicted molar refractivity (Wildman–Crippen MR) is 87.6 cm³/mol. The number of urea groups is 1. The van der Waals surface area contributed by atoms with Gasteiger partial charge >= 0.3 is 6.03 Å². The minimum absolute atomic E-state index is 0.0111. The normalized spacial score (nSPS) is 22.9. The van der Waals surface area contributed by atoms with E-state index < -0.39 is 0 Å². The Morgan fingerprint density at radius 2 is 1.82 bits per heavy atom. The van der Waals surface area contributed by atoms with Gasteiger partial charge in [0.05, 0.1) is 0 Å². The molecule has 1 aliphatic carbocycles. The highest BCUT2D eigenvalue weighted by molar-refractivity contribution is 5.87. The van der Waals surface area contributed by atoms with Crippen LogP contribution in [0, 0.1) is 5.92 Å². The number of carbonyl (C=O) groups is 2. The van der Waals surface area contributed by atoms with Crippen molar-refractivity contribution in [3.8, 4) is 0 Å². The second-order valence-electron chi connectivity index (χ2n) is 7.11. The molecule has 1 saturated carbocycles. The Kier molecular flexibility index (Phi) is 6.52. The molecule has 5 heteroatoms. The van der Waals surface area contributed by atoms with E-state index in [1.807, 2.05) is 0 Å². The second-order valence-corrected chi connectivity index (χ2v) is 7.11. The van der Waals surface area contributed by atoms with E-state index in [2.05, 4.69) is 24.5 Å². The third-order valence-electron chi connectivity index (χ3n) is 4.77. The SMILES string of the molecule is CC(C)CCNC(=O)[C@H]1CCCN1C(=O)NC1CCCCC1. The third kappa shape index (κ3) is 4.89. The van der Waals surface area contributed by atoms with Crippen molar-refractivity contribution in [2.75, 3.05) is 13.1 Å². The van der Waals surface area contributed by atoms with Crippen LogP contribution in [0.3, 0.4) is 0 Å². The first kappa shape index (κ1) is 17.1. The van der Waals surface area contributed by atoms with Crippen molar-refractivity contribution in [2.24, 2.45) is 5.92 Å². The lowest BCUT2D eigenvalue weighted by Crippen LogP contribution is -2.52. The van der Waals surface area contributed by atoms with Gasteiger partial charge in [0.15, 0.2) is 0 Å². The summed E-state index contributed by atoms with van der Waals surface area (Å²) in [5.74, 6) is 0.589. The molecule has 3 amide bonds. The molecule has 5 nitrogen and oxygen atoms in total.